The second-order valence-electron chi connectivity index (χ2n) is 12.1. The summed E-state index contributed by atoms with van der Waals surface area (Å²) in [6.07, 6.45) is 9.34. The Morgan fingerprint density at radius 2 is 1.83 bits per heavy atom. The van der Waals surface area contributed by atoms with Crippen LogP contribution in [-0.2, 0) is 29.2 Å². The van der Waals surface area contributed by atoms with Crippen LogP contribution in [0.2, 0.25) is 0 Å². The van der Waals surface area contributed by atoms with Crippen LogP contribution in [0.3, 0.4) is 0 Å². The highest BCUT2D eigenvalue weighted by molar-refractivity contribution is 6.10. The first-order valence-electron chi connectivity index (χ1n) is 16.6. The summed E-state index contributed by atoms with van der Waals surface area (Å²) in [4.78, 5) is 54.3. The molecule has 0 saturated carbocycles. The molecule has 3 aromatic rings. The number of unbranched alkanes of at least 4 members (excludes halogenated alkanes) is 6. The topological polar surface area (TPSA) is 151 Å². The third-order valence-corrected chi connectivity index (χ3v) is 8.46. The number of nitrogens with one attached hydrogen (secondary N) is 2. The van der Waals surface area contributed by atoms with E-state index in [4.69, 9.17) is 9.97 Å². The van der Waals surface area contributed by atoms with Crippen molar-refractivity contribution >= 4 is 36.1 Å². The molecule has 1 aliphatic rings. The van der Waals surface area contributed by atoms with Crippen LogP contribution in [0, 0.1) is 0 Å². The lowest BCUT2D eigenvalue weighted by molar-refractivity contribution is -0.120. The van der Waals surface area contributed by atoms with Crippen molar-refractivity contribution in [1.29, 1.82) is 0 Å². The molecule has 13 heteroatoms. The van der Waals surface area contributed by atoms with Gasteiger partial charge in [-0.15, -0.1) is 10.2 Å². The predicted octanol–water partition coefficient (Wildman–Crippen LogP) is 4.31. The van der Waals surface area contributed by atoms with Crippen LogP contribution in [0.15, 0.2) is 35.6 Å². The SMILES string of the molecule is C=NC(=O)CCCCCCCCCNC(=O)CNCc1nc(N(C)C(C)C)cc2c1CN(c1cccc(-c3nncn3CC)n1)C2=O. The van der Waals surface area contributed by atoms with Crippen LogP contribution in [0.4, 0.5) is 11.6 Å². The average molecular weight is 645 g/mol. The summed E-state index contributed by atoms with van der Waals surface area (Å²) < 4.78 is 1.91. The van der Waals surface area contributed by atoms with Gasteiger partial charge in [-0.1, -0.05) is 38.2 Å². The first kappa shape index (κ1) is 35.3. The maximum Gasteiger partial charge on any atom is 0.260 e. The molecule has 0 saturated heterocycles. The van der Waals surface area contributed by atoms with Gasteiger partial charge in [0, 0.05) is 44.7 Å². The van der Waals surface area contributed by atoms with E-state index < -0.39 is 0 Å². The standard InChI is InChI=1S/C34H48N10O3/c1-6-43-23-38-41-33(43)27-15-14-16-29(39-27)44-22-26-25(34(44)47)19-30(42(5)24(2)3)40-28(26)20-36-21-32(46)37-18-13-11-9-7-8-10-12-17-31(45)35-4/h14-16,19,23-24,36H,4,6-13,17-18,20-22H2,1-3,5H3,(H,37,46). The van der Waals surface area contributed by atoms with Gasteiger partial charge in [0.1, 0.15) is 23.7 Å². The summed E-state index contributed by atoms with van der Waals surface area (Å²) in [7, 11) is 1.96. The summed E-state index contributed by atoms with van der Waals surface area (Å²) >= 11 is 0. The van der Waals surface area contributed by atoms with Crippen LogP contribution in [-0.4, -0.2) is 75.4 Å². The minimum Gasteiger partial charge on any atom is -0.357 e. The molecular weight excluding hydrogens is 596 g/mol. The number of carbonyl (C=O) groups is 3. The largest absolute Gasteiger partial charge is 0.357 e. The summed E-state index contributed by atoms with van der Waals surface area (Å²) in [5.74, 6) is 1.54. The first-order chi connectivity index (χ1) is 22.7. The molecule has 0 bridgehead atoms. The fourth-order valence-electron chi connectivity index (χ4n) is 5.46. The Balaban J connectivity index is 1.32. The maximum atomic E-state index is 13.8. The molecule has 13 nitrogen and oxygen atoms in total. The third kappa shape index (κ3) is 9.50. The van der Waals surface area contributed by atoms with Crippen molar-refractivity contribution in [3.63, 3.8) is 0 Å². The van der Waals surface area contributed by atoms with Crippen molar-refractivity contribution in [2.75, 3.05) is 29.9 Å². The van der Waals surface area contributed by atoms with Gasteiger partial charge < -0.3 is 20.1 Å². The lowest BCUT2D eigenvalue weighted by atomic mass is 10.1. The van der Waals surface area contributed by atoms with Crippen LogP contribution in [0.1, 0.15) is 93.8 Å². The Hall–Kier alpha value is -4.52. The molecule has 0 spiro atoms. The Morgan fingerprint density at radius 1 is 1.09 bits per heavy atom. The highest BCUT2D eigenvalue weighted by Crippen LogP contribution is 2.32. The molecule has 4 heterocycles. The zero-order chi connectivity index (χ0) is 33.8. The number of aliphatic imine (C=N–C) groups is 1. The van der Waals surface area contributed by atoms with Gasteiger partial charge in [-0.05, 0) is 58.5 Å². The number of hydrogen-bond donors (Lipinski definition) is 2. The molecule has 0 atom stereocenters. The summed E-state index contributed by atoms with van der Waals surface area (Å²) in [6, 6.07) is 7.59. The number of fused-ring (bicyclic) bond motifs is 1. The molecule has 4 rings (SSSR count). The number of hydrogen-bond acceptors (Lipinski definition) is 9. The fourth-order valence-corrected chi connectivity index (χ4v) is 5.46. The number of amides is 3. The van der Waals surface area contributed by atoms with Crippen LogP contribution in [0.25, 0.3) is 11.5 Å². The molecule has 0 fully saturated rings. The second-order valence-corrected chi connectivity index (χ2v) is 12.1. The average Bonchev–Trinajstić information content (AvgIpc) is 3.69. The molecular formula is C34H48N10O3. The fraction of sp³-hybridized carbons (Fsp3) is 0.529. The lowest BCUT2D eigenvalue weighted by Gasteiger charge is -2.24. The summed E-state index contributed by atoms with van der Waals surface area (Å²) in [5.41, 5.74) is 2.80. The smallest absolute Gasteiger partial charge is 0.260 e. The normalized spacial score (nSPS) is 12.4. The van der Waals surface area contributed by atoms with Gasteiger partial charge >= 0.3 is 0 Å². The number of rotatable bonds is 19. The van der Waals surface area contributed by atoms with Gasteiger partial charge in [0.15, 0.2) is 5.82 Å². The van der Waals surface area contributed by atoms with E-state index in [1.165, 1.54) is 0 Å². The number of carbonyl (C=O) groups excluding carboxylic acids is 3. The minimum absolute atomic E-state index is 0.0729. The Labute approximate surface area is 277 Å². The minimum atomic E-state index is -0.137. The highest BCUT2D eigenvalue weighted by Gasteiger charge is 2.33. The van der Waals surface area contributed by atoms with Gasteiger partial charge in [0.25, 0.3) is 5.91 Å². The molecule has 0 aliphatic carbocycles. The molecule has 0 radical (unpaired) electrons. The van der Waals surface area contributed by atoms with E-state index in [0.717, 1.165) is 56.2 Å². The van der Waals surface area contributed by atoms with Gasteiger partial charge in [0.05, 0.1) is 24.3 Å². The molecule has 252 valence electrons. The number of pyridine rings is 2. The van der Waals surface area contributed by atoms with E-state index >= 15 is 0 Å². The van der Waals surface area contributed by atoms with Crippen LogP contribution >= 0.6 is 0 Å². The van der Waals surface area contributed by atoms with Crippen molar-refractivity contribution in [3.8, 4) is 11.5 Å². The van der Waals surface area contributed by atoms with E-state index in [-0.39, 0.29) is 30.3 Å². The molecule has 3 amide bonds. The van der Waals surface area contributed by atoms with Crippen LogP contribution in [0.5, 0.6) is 0 Å². The number of aromatic nitrogens is 5. The molecule has 3 aromatic heterocycles. The van der Waals surface area contributed by atoms with E-state index in [1.54, 1.807) is 11.2 Å². The molecule has 0 unspecified atom stereocenters. The summed E-state index contributed by atoms with van der Waals surface area (Å²) in [6.45, 7) is 11.6. The quantitative estimate of drug-likeness (QED) is 0.144. The molecule has 1 aliphatic heterocycles. The predicted molar refractivity (Wildman–Crippen MR) is 183 cm³/mol. The number of anilines is 2. The van der Waals surface area contributed by atoms with E-state index in [2.05, 4.69) is 46.4 Å². The third-order valence-electron chi connectivity index (χ3n) is 8.46. The Kier molecular flexibility index (Phi) is 13.1. The van der Waals surface area contributed by atoms with Gasteiger partial charge in [0.2, 0.25) is 11.8 Å². The monoisotopic (exact) mass is 644 g/mol. The van der Waals surface area contributed by atoms with E-state index in [1.807, 2.05) is 47.7 Å². The second kappa shape index (κ2) is 17.4. The zero-order valence-electron chi connectivity index (χ0n) is 28.2. The molecule has 2 N–H and O–H groups in total. The molecule has 47 heavy (non-hydrogen) atoms. The number of aryl methyl sites for hydroxylation is 1. The number of nitrogens with zero attached hydrogens (tertiary/aromatic N) is 8. The summed E-state index contributed by atoms with van der Waals surface area (Å²) in [5, 5.41) is 14.5. The van der Waals surface area contributed by atoms with Gasteiger partial charge in [-0.2, -0.15) is 0 Å². The Morgan fingerprint density at radius 3 is 2.55 bits per heavy atom. The van der Waals surface area contributed by atoms with Crippen molar-refractivity contribution in [2.24, 2.45) is 4.99 Å². The van der Waals surface area contributed by atoms with Crippen molar-refractivity contribution in [3.05, 3.63) is 47.4 Å². The van der Waals surface area contributed by atoms with Crippen molar-refractivity contribution < 1.29 is 14.4 Å². The highest BCUT2D eigenvalue weighted by atomic mass is 16.2. The molecule has 0 aromatic carbocycles. The van der Waals surface area contributed by atoms with Crippen LogP contribution < -0.4 is 20.4 Å². The van der Waals surface area contributed by atoms with E-state index in [9.17, 15) is 14.4 Å². The van der Waals surface area contributed by atoms with Gasteiger partial charge in [-0.25, -0.2) is 15.0 Å². The first-order valence-corrected chi connectivity index (χ1v) is 16.6. The lowest BCUT2D eigenvalue weighted by Crippen LogP contribution is -2.34. The zero-order valence-corrected chi connectivity index (χ0v) is 28.2. The maximum absolute atomic E-state index is 13.8. The van der Waals surface area contributed by atoms with Gasteiger partial charge in [-0.3, -0.25) is 19.3 Å². The van der Waals surface area contributed by atoms with Crippen molar-refractivity contribution in [2.45, 2.75) is 97.8 Å². The Bertz CT molecular complexity index is 1540. The van der Waals surface area contributed by atoms with Crippen molar-refractivity contribution in [1.82, 2.24) is 35.4 Å². The van der Waals surface area contributed by atoms with E-state index in [0.29, 0.717) is 61.3 Å².